The zero-order valence-corrected chi connectivity index (χ0v) is 7.27. The Morgan fingerprint density at radius 1 is 1.08 bits per heavy atom. The van der Waals surface area contributed by atoms with Crippen LogP contribution in [-0.4, -0.2) is 36.4 Å². The highest BCUT2D eigenvalue weighted by molar-refractivity contribution is 4.89. The Bertz CT molecular complexity index is 188. The minimum atomic E-state index is -4.14. The molecule has 1 aliphatic heterocycles. The van der Waals surface area contributed by atoms with Crippen LogP contribution in [0.1, 0.15) is 19.3 Å². The maximum atomic E-state index is 12.2. The van der Waals surface area contributed by atoms with Crippen molar-refractivity contribution in [3.8, 4) is 0 Å². The lowest BCUT2D eigenvalue weighted by atomic mass is 10.2. The molecule has 2 fully saturated rings. The van der Waals surface area contributed by atoms with Crippen molar-refractivity contribution in [1.82, 2.24) is 10.2 Å². The van der Waals surface area contributed by atoms with Crippen molar-refractivity contribution in [3.05, 3.63) is 0 Å². The SMILES string of the molecule is FC(F)(F)N1CC[C@H](NC2CC2)C1. The third-order valence-electron chi connectivity index (χ3n) is 2.60. The highest BCUT2D eigenvalue weighted by Gasteiger charge is 2.42. The summed E-state index contributed by atoms with van der Waals surface area (Å²) in [5.41, 5.74) is 0. The zero-order chi connectivity index (χ0) is 9.47. The van der Waals surface area contributed by atoms with Crippen molar-refractivity contribution in [3.63, 3.8) is 0 Å². The van der Waals surface area contributed by atoms with Gasteiger partial charge in [-0.25, -0.2) is 4.90 Å². The summed E-state index contributed by atoms with van der Waals surface area (Å²) in [6, 6.07) is 0.548. The van der Waals surface area contributed by atoms with Gasteiger partial charge < -0.3 is 5.32 Å². The van der Waals surface area contributed by atoms with E-state index in [0.717, 1.165) is 12.8 Å². The maximum absolute atomic E-state index is 12.2. The second-order valence-corrected chi connectivity index (χ2v) is 3.84. The molecular weight excluding hydrogens is 181 g/mol. The molecule has 0 radical (unpaired) electrons. The van der Waals surface area contributed by atoms with E-state index in [2.05, 4.69) is 5.32 Å². The molecule has 1 saturated carbocycles. The van der Waals surface area contributed by atoms with Crippen molar-refractivity contribution >= 4 is 0 Å². The predicted molar refractivity (Wildman–Crippen MR) is 42.2 cm³/mol. The Morgan fingerprint density at radius 2 is 1.77 bits per heavy atom. The lowest BCUT2D eigenvalue weighted by Crippen LogP contribution is -2.39. The summed E-state index contributed by atoms with van der Waals surface area (Å²) in [5, 5.41) is 3.21. The fraction of sp³-hybridized carbons (Fsp3) is 1.00. The van der Waals surface area contributed by atoms with Gasteiger partial charge in [-0.15, -0.1) is 0 Å². The first-order valence-electron chi connectivity index (χ1n) is 4.63. The molecule has 1 atom stereocenters. The average Bonchev–Trinajstić information content (AvgIpc) is 2.63. The molecule has 1 aliphatic carbocycles. The number of nitrogens with one attached hydrogen (secondary N) is 1. The Hall–Kier alpha value is -0.290. The number of rotatable bonds is 2. The van der Waals surface area contributed by atoms with Gasteiger partial charge in [0.2, 0.25) is 0 Å². The van der Waals surface area contributed by atoms with E-state index in [1.807, 2.05) is 0 Å². The van der Waals surface area contributed by atoms with Crippen molar-refractivity contribution in [2.24, 2.45) is 0 Å². The van der Waals surface area contributed by atoms with E-state index in [-0.39, 0.29) is 19.1 Å². The summed E-state index contributed by atoms with van der Waals surface area (Å²) in [6.07, 6.45) is -1.26. The van der Waals surface area contributed by atoms with Gasteiger partial charge in [-0.3, -0.25) is 0 Å². The highest BCUT2D eigenvalue weighted by atomic mass is 19.4. The summed E-state index contributed by atoms with van der Waals surface area (Å²) in [5.74, 6) is 0. The second-order valence-electron chi connectivity index (χ2n) is 3.84. The van der Waals surface area contributed by atoms with Crippen LogP contribution in [0.3, 0.4) is 0 Å². The average molecular weight is 194 g/mol. The van der Waals surface area contributed by atoms with E-state index in [1.165, 1.54) is 0 Å². The molecule has 0 aromatic rings. The molecule has 1 saturated heterocycles. The van der Waals surface area contributed by atoms with E-state index in [0.29, 0.717) is 17.4 Å². The normalized spacial score (nSPS) is 31.2. The summed E-state index contributed by atoms with van der Waals surface area (Å²) in [7, 11) is 0. The molecule has 0 aromatic heterocycles. The van der Waals surface area contributed by atoms with Crippen molar-refractivity contribution in [2.45, 2.75) is 37.6 Å². The topological polar surface area (TPSA) is 15.3 Å². The van der Waals surface area contributed by atoms with Crippen LogP contribution in [0.5, 0.6) is 0 Å². The van der Waals surface area contributed by atoms with Crippen LogP contribution in [0.2, 0.25) is 0 Å². The fourth-order valence-corrected chi connectivity index (χ4v) is 1.71. The molecule has 2 nitrogen and oxygen atoms in total. The van der Waals surface area contributed by atoms with Gasteiger partial charge in [0.25, 0.3) is 0 Å². The minimum absolute atomic E-state index is 0.0501. The summed E-state index contributed by atoms with van der Waals surface area (Å²) >= 11 is 0. The molecule has 0 amide bonds. The molecule has 2 rings (SSSR count). The van der Waals surface area contributed by atoms with Gasteiger partial charge in [-0.2, -0.15) is 13.2 Å². The van der Waals surface area contributed by atoms with Gasteiger partial charge >= 0.3 is 6.30 Å². The molecule has 1 heterocycles. The van der Waals surface area contributed by atoms with Crippen LogP contribution in [0, 0.1) is 0 Å². The third kappa shape index (κ3) is 2.34. The van der Waals surface area contributed by atoms with Crippen molar-refractivity contribution in [2.75, 3.05) is 13.1 Å². The third-order valence-corrected chi connectivity index (χ3v) is 2.60. The molecule has 0 spiro atoms. The van der Waals surface area contributed by atoms with Crippen LogP contribution in [0.15, 0.2) is 0 Å². The largest absolute Gasteiger partial charge is 0.459 e. The van der Waals surface area contributed by atoms with Crippen LogP contribution in [-0.2, 0) is 0 Å². The van der Waals surface area contributed by atoms with E-state index < -0.39 is 6.30 Å². The number of halogens is 3. The van der Waals surface area contributed by atoms with Gasteiger partial charge in [0.05, 0.1) is 0 Å². The van der Waals surface area contributed by atoms with Crippen molar-refractivity contribution < 1.29 is 13.2 Å². The zero-order valence-electron chi connectivity index (χ0n) is 7.27. The maximum Gasteiger partial charge on any atom is 0.459 e. The van der Waals surface area contributed by atoms with Gasteiger partial charge in [0.15, 0.2) is 0 Å². The van der Waals surface area contributed by atoms with Gasteiger partial charge in [0, 0.05) is 25.2 Å². The number of likely N-dealkylation sites (tertiary alicyclic amines) is 1. The van der Waals surface area contributed by atoms with Gasteiger partial charge in [-0.1, -0.05) is 0 Å². The Morgan fingerprint density at radius 3 is 2.23 bits per heavy atom. The molecule has 0 bridgehead atoms. The van der Waals surface area contributed by atoms with Crippen LogP contribution >= 0.6 is 0 Å². The molecule has 2 aliphatic rings. The van der Waals surface area contributed by atoms with E-state index in [1.54, 1.807) is 0 Å². The summed E-state index contributed by atoms with van der Waals surface area (Å²) in [4.78, 5) is 0.590. The molecule has 5 heteroatoms. The second kappa shape index (κ2) is 3.13. The van der Waals surface area contributed by atoms with Crippen LogP contribution < -0.4 is 5.32 Å². The van der Waals surface area contributed by atoms with Crippen LogP contribution in [0.25, 0.3) is 0 Å². The monoisotopic (exact) mass is 194 g/mol. The van der Waals surface area contributed by atoms with Gasteiger partial charge in [-0.05, 0) is 19.3 Å². The minimum Gasteiger partial charge on any atom is -0.310 e. The smallest absolute Gasteiger partial charge is 0.310 e. The molecule has 13 heavy (non-hydrogen) atoms. The lowest BCUT2D eigenvalue weighted by Gasteiger charge is -2.19. The lowest BCUT2D eigenvalue weighted by molar-refractivity contribution is -0.238. The van der Waals surface area contributed by atoms with Gasteiger partial charge in [0.1, 0.15) is 0 Å². The van der Waals surface area contributed by atoms with Crippen LogP contribution in [0.4, 0.5) is 13.2 Å². The molecule has 0 unspecified atom stereocenters. The predicted octanol–water partition coefficient (Wildman–Crippen LogP) is 1.33. The first-order chi connectivity index (χ1) is 6.05. The quantitative estimate of drug-likeness (QED) is 0.667. The molecule has 1 N–H and O–H groups in total. The van der Waals surface area contributed by atoms with E-state index in [4.69, 9.17) is 0 Å². The number of hydrogen-bond donors (Lipinski definition) is 1. The Balaban J connectivity index is 1.79. The number of hydrogen-bond acceptors (Lipinski definition) is 2. The molecular formula is C8H13F3N2. The molecule has 76 valence electrons. The number of nitrogens with zero attached hydrogens (tertiary/aromatic N) is 1. The molecule has 0 aromatic carbocycles. The standard InChI is InChI=1S/C8H13F3N2/c9-8(10,11)13-4-3-7(5-13)12-6-1-2-6/h6-7,12H,1-5H2/t7-/m0/s1. The first kappa shape index (κ1) is 9.27. The van der Waals surface area contributed by atoms with E-state index >= 15 is 0 Å². The Kier molecular flexibility index (Phi) is 2.23. The van der Waals surface area contributed by atoms with E-state index in [9.17, 15) is 13.2 Å². The Labute approximate surface area is 75.1 Å². The summed E-state index contributed by atoms with van der Waals surface area (Å²) < 4.78 is 36.6. The summed E-state index contributed by atoms with van der Waals surface area (Å²) in [6.45, 7) is 0.272. The van der Waals surface area contributed by atoms with Crippen molar-refractivity contribution in [1.29, 1.82) is 0 Å². The first-order valence-corrected chi connectivity index (χ1v) is 4.63. The highest BCUT2D eigenvalue weighted by Crippen LogP contribution is 2.27. The number of alkyl halides is 3. The fourth-order valence-electron chi connectivity index (χ4n) is 1.71.